The maximum atomic E-state index is 13.3. The number of nitrogen functional groups attached to an aromatic ring is 1. The van der Waals surface area contributed by atoms with Gasteiger partial charge in [-0.3, -0.25) is 9.59 Å². The van der Waals surface area contributed by atoms with Crippen molar-refractivity contribution in [1.82, 2.24) is 0 Å². The minimum absolute atomic E-state index is 0.0757. The first-order chi connectivity index (χ1) is 12.7. The number of Topliss-reactive ketones (excluding diaryl/α,β-unsaturated/α-hetero) is 2. The smallest absolute Gasteiger partial charge is 0.241 e. The Morgan fingerprint density at radius 3 is 2.33 bits per heavy atom. The summed E-state index contributed by atoms with van der Waals surface area (Å²) in [6.45, 7) is 6.26. The third-order valence-electron chi connectivity index (χ3n) is 5.34. The van der Waals surface area contributed by atoms with E-state index in [2.05, 4.69) is 19.6 Å². The molecule has 2 aliphatic carbocycles. The van der Waals surface area contributed by atoms with Crippen LogP contribution in [0.2, 0.25) is 19.6 Å². The van der Waals surface area contributed by atoms with Gasteiger partial charge in [-0.05, 0) is 32.1 Å². The number of allylic oxidation sites excluding steroid dienone is 2. The van der Waals surface area contributed by atoms with E-state index in [1.165, 1.54) is 0 Å². The molecular formula is C21H23NO4Si. The number of hydrogen-bond acceptors (Lipinski definition) is 5. The highest BCUT2D eigenvalue weighted by Crippen LogP contribution is 2.47. The molecule has 4 rings (SSSR count). The maximum absolute atomic E-state index is 13.3. The van der Waals surface area contributed by atoms with Crippen LogP contribution in [0.5, 0.6) is 5.75 Å². The van der Waals surface area contributed by atoms with Gasteiger partial charge in [0.1, 0.15) is 5.75 Å². The third kappa shape index (κ3) is 2.75. The number of anilines is 1. The van der Waals surface area contributed by atoms with Gasteiger partial charge in [-0.25, -0.2) is 0 Å². The number of phenols is 1. The Labute approximate surface area is 159 Å². The predicted molar refractivity (Wildman–Crippen MR) is 107 cm³/mol. The second-order valence-corrected chi connectivity index (χ2v) is 12.8. The lowest BCUT2D eigenvalue weighted by Gasteiger charge is -2.36. The molecule has 0 saturated carbocycles. The average Bonchev–Trinajstić information content (AvgIpc) is 2.61. The average molecular weight is 382 g/mol. The van der Waals surface area contributed by atoms with Crippen LogP contribution in [-0.2, 0) is 4.43 Å². The topological polar surface area (TPSA) is 89.6 Å². The summed E-state index contributed by atoms with van der Waals surface area (Å²) in [7, 11) is -1.80. The Kier molecular flexibility index (Phi) is 3.92. The lowest BCUT2D eigenvalue weighted by Crippen LogP contribution is -2.40. The first-order valence-corrected chi connectivity index (χ1v) is 12.6. The first-order valence-electron chi connectivity index (χ1n) is 9.18. The number of carbonyl (C=O) groups excluding carboxylic acids is 2. The van der Waals surface area contributed by atoms with E-state index in [9.17, 15) is 14.7 Å². The minimum atomic E-state index is -1.80. The molecule has 3 N–H and O–H groups in total. The lowest BCUT2D eigenvalue weighted by molar-refractivity contribution is 0.0709. The molecular weight excluding hydrogens is 358 g/mol. The normalized spacial score (nSPS) is 22.3. The van der Waals surface area contributed by atoms with Crippen molar-refractivity contribution in [2.24, 2.45) is 11.8 Å². The number of aromatic hydroxyl groups is 1. The molecule has 27 heavy (non-hydrogen) atoms. The van der Waals surface area contributed by atoms with E-state index < -0.39 is 20.2 Å². The van der Waals surface area contributed by atoms with E-state index in [0.29, 0.717) is 23.6 Å². The van der Waals surface area contributed by atoms with Crippen LogP contribution < -0.4 is 5.73 Å². The van der Waals surface area contributed by atoms with Crippen LogP contribution in [0.15, 0.2) is 36.1 Å². The zero-order valence-electron chi connectivity index (χ0n) is 15.7. The molecule has 0 fully saturated rings. The van der Waals surface area contributed by atoms with Crippen LogP contribution in [-0.4, -0.2) is 25.0 Å². The van der Waals surface area contributed by atoms with Gasteiger partial charge in [-0.15, -0.1) is 0 Å². The van der Waals surface area contributed by atoms with Crippen LogP contribution in [0.1, 0.15) is 33.6 Å². The van der Waals surface area contributed by atoms with Crippen molar-refractivity contribution >= 4 is 36.3 Å². The zero-order chi connectivity index (χ0) is 19.5. The van der Waals surface area contributed by atoms with Gasteiger partial charge in [0.15, 0.2) is 11.6 Å². The molecule has 0 bridgehead atoms. The molecule has 2 atom stereocenters. The van der Waals surface area contributed by atoms with Crippen LogP contribution in [0, 0.1) is 11.8 Å². The monoisotopic (exact) mass is 381 g/mol. The van der Waals surface area contributed by atoms with Crippen molar-refractivity contribution in [1.29, 1.82) is 0 Å². The van der Waals surface area contributed by atoms with Crippen LogP contribution in [0.4, 0.5) is 5.69 Å². The Morgan fingerprint density at radius 2 is 1.67 bits per heavy atom. The number of rotatable bonds is 2. The maximum Gasteiger partial charge on any atom is 0.241 e. The Hall–Kier alpha value is -2.60. The van der Waals surface area contributed by atoms with Crippen LogP contribution in [0.25, 0.3) is 10.8 Å². The predicted octanol–water partition coefficient (Wildman–Crippen LogP) is 4.27. The molecule has 0 aliphatic heterocycles. The Balaban J connectivity index is 1.85. The summed E-state index contributed by atoms with van der Waals surface area (Å²) in [5.41, 5.74) is 6.81. The van der Waals surface area contributed by atoms with Crippen LogP contribution in [0.3, 0.4) is 0 Å². The summed E-state index contributed by atoms with van der Waals surface area (Å²) < 4.78 is 6.07. The lowest BCUT2D eigenvalue weighted by atomic mass is 9.68. The summed E-state index contributed by atoms with van der Waals surface area (Å²) in [6, 6.07) is 7.04. The highest BCUT2D eigenvalue weighted by atomic mass is 28.4. The summed E-state index contributed by atoms with van der Waals surface area (Å²) in [4.78, 5) is 26.5. The molecule has 2 aliphatic rings. The summed E-state index contributed by atoms with van der Waals surface area (Å²) in [5.74, 6) is -0.678. The largest absolute Gasteiger partial charge is 0.548 e. The molecule has 0 radical (unpaired) electrons. The van der Waals surface area contributed by atoms with Gasteiger partial charge >= 0.3 is 0 Å². The molecule has 6 heteroatoms. The summed E-state index contributed by atoms with van der Waals surface area (Å²) in [5, 5.41) is 11.9. The van der Waals surface area contributed by atoms with Crippen molar-refractivity contribution in [3.05, 3.63) is 47.2 Å². The number of ketones is 2. The van der Waals surface area contributed by atoms with Gasteiger partial charge in [0, 0.05) is 29.0 Å². The van der Waals surface area contributed by atoms with Gasteiger partial charge in [0.25, 0.3) is 0 Å². The van der Waals surface area contributed by atoms with Gasteiger partial charge in [0.05, 0.1) is 22.6 Å². The first kappa shape index (κ1) is 17.8. The van der Waals surface area contributed by atoms with E-state index in [1.54, 1.807) is 24.3 Å². The molecule has 140 valence electrons. The van der Waals surface area contributed by atoms with Crippen LogP contribution >= 0.6 is 0 Å². The van der Waals surface area contributed by atoms with E-state index in [0.717, 1.165) is 5.76 Å². The van der Waals surface area contributed by atoms with Gasteiger partial charge in [0.2, 0.25) is 8.32 Å². The quantitative estimate of drug-likeness (QED) is 0.461. The molecule has 0 saturated heterocycles. The highest BCUT2D eigenvalue weighted by Gasteiger charge is 2.46. The fourth-order valence-corrected chi connectivity index (χ4v) is 5.17. The van der Waals surface area contributed by atoms with Crippen molar-refractivity contribution in [2.75, 3.05) is 5.73 Å². The fraction of sp³-hybridized carbons (Fsp3) is 0.333. The zero-order valence-corrected chi connectivity index (χ0v) is 16.7. The minimum Gasteiger partial charge on any atom is -0.548 e. The van der Waals surface area contributed by atoms with Crippen molar-refractivity contribution < 1.29 is 19.1 Å². The van der Waals surface area contributed by atoms with Crippen molar-refractivity contribution in [2.45, 2.75) is 32.5 Å². The third-order valence-corrected chi connectivity index (χ3v) is 6.21. The standard InChI is InChI=1S/C21H23NO4Si/c1-27(2,3)26-11-8-9-14-15(10-11)21(25)17-16(19(14)23)18(22)12-6-4-5-7-13(12)20(17)24/h4-8,14-15,24H,9-10,22H2,1-3H3/t14-,15+/m0/s1. The Bertz CT molecular complexity index is 1020. The highest BCUT2D eigenvalue weighted by molar-refractivity contribution is 6.70. The molecule has 0 aromatic heterocycles. The summed E-state index contributed by atoms with van der Waals surface area (Å²) in [6.07, 6.45) is 2.79. The van der Waals surface area contributed by atoms with Gasteiger partial charge in [-0.2, -0.15) is 0 Å². The number of carbonyl (C=O) groups is 2. The molecule has 5 nitrogen and oxygen atoms in total. The van der Waals surface area contributed by atoms with E-state index in [4.69, 9.17) is 10.2 Å². The van der Waals surface area contributed by atoms with E-state index in [1.807, 2.05) is 6.08 Å². The number of hydrogen-bond donors (Lipinski definition) is 2. The molecule has 0 amide bonds. The second kappa shape index (κ2) is 5.95. The molecule has 2 aromatic carbocycles. The number of phenolic OH excluding ortho intramolecular Hbond substituents is 1. The van der Waals surface area contributed by atoms with E-state index in [-0.39, 0.29) is 34.1 Å². The molecule has 0 unspecified atom stereocenters. The summed E-state index contributed by atoms with van der Waals surface area (Å²) >= 11 is 0. The second-order valence-electron chi connectivity index (χ2n) is 8.32. The number of nitrogens with two attached hydrogens (primary N) is 1. The van der Waals surface area contributed by atoms with Gasteiger partial charge in [-0.1, -0.05) is 24.3 Å². The van der Waals surface area contributed by atoms with Gasteiger partial charge < -0.3 is 15.3 Å². The Morgan fingerprint density at radius 1 is 1.04 bits per heavy atom. The van der Waals surface area contributed by atoms with E-state index >= 15 is 0 Å². The molecule has 0 heterocycles. The molecule has 2 aromatic rings. The van der Waals surface area contributed by atoms with Crippen molar-refractivity contribution in [3.63, 3.8) is 0 Å². The number of benzene rings is 2. The molecule has 0 spiro atoms. The van der Waals surface area contributed by atoms with Crippen molar-refractivity contribution in [3.8, 4) is 5.75 Å². The fourth-order valence-electron chi connectivity index (χ4n) is 4.22. The number of fused-ring (bicyclic) bond motifs is 3. The SMILES string of the molecule is C[Si](C)(C)OC1=CC[C@@H]2C(=O)c3c(c(O)c4ccccc4c3N)C(=O)[C@@H]2C1.